The van der Waals surface area contributed by atoms with Gasteiger partial charge in [-0.2, -0.15) is 4.31 Å². The number of hydrogen-bond donors (Lipinski definition) is 2. The Morgan fingerprint density at radius 3 is 2.65 bits per heavy atom. The second-order valence-electron chi connectivity index (χ2n) is 5.13. The van der Waals surface area contributed by atoms with E-state index in [1.54, 1.807) is 0 Å². The van der Waals surface area contributed by atoms with Crippen LogP contribution in [0.3, 0.4) is 0 Å². The Kier molecular flexibility index (Phi) is 4.77. The van der Waals surface area contributed by atoms with Gasteiger partial charge in [-0.15, -0.1) is 0 Å². The molecule has 1 aromatic carbocycles. The topological polar surface area (TPSA) is 87.2 Å². The molecule has 1 aliphatic heterocycles. The molecule has 0 spiro atoms. The molecule has 1 heterocycles. The van der Waals surface area contributed by atoms with Gasteiger partial charge in [-0.1, -0.05) is 36.8 Å². The van der Waals surface area contributed by atoms with Crippen molar-refractivity contribution in [3.05, 3.63) is 35.9 Å². The average molecular weight is 295 g/mol. The molecule has 5 nitrogen and oxygen atoms in total. The largest absolute Gasteiger partial charge is 0.386 e. The number of nitrogens with zero attached hydrogens (tertiary/aromatic N) is 1. The van der Waals surface area contributed by atoms with Crippen molar-refractivity contribution in [2.24, 2.45) is 5.73 Å². The van der Waals surface area contributed by atoms with Gasteiger partial charge in [-0.25, -0.2) is 8.42 Å². The monoisotopic (exact) mass is 295 g/mol. The van der Waals surface area contributed by atoms with Crippen LogP contribution >= 0.6 is 0 Å². The Morgan fingerprint density at radius 1 is 1.30 bits per heavy atom. The zero-order valence-electron chi connectivity index (χ0n) is 11.5. The summed E-state index contributed by atoms with van der Waals surface area (Å²) >= 11 is 0. The van der Waals surface area contributed by atoms with E-state index in [0.29, 0.717) is 19.4 Å². The van der Waals surface area contributed by atoms with Crippen molar-refractivity contribution >= 4 is 15.9 Å². The maximum atomic E-state index is 12.4. The van der Waals surface area contributed by atoms with Crippen LogP contribution in [0.25, 0.3) is 0 Å². The first-order chi connectivity index (χ1) is 9.50. The third kappa shape index (κ3) is 3.58. The molecule has 20 heavy (non-hydrogen) atoms. The number of sulfonamides is 1. The number of amidine groups is 1. The summed E-state index contributed by atoms with van der Waals surface area (Å²) in [5, 5.41) is 7.57. The van der Waals surface area contributed by atoms with Crippen molar-refractivity contribution in [2.75, 3.05) is 12.3 Å². The highest BCUT2D eigenvalue weighted by atomic mass is 32.2. The summed E-state index contributed by atoms with van der Waals surface area (Å²) in [6.07, 6.45) is 2.91. The molecule has 1 atom stereocenters. The van der Waals surface area contributed by atoms with Crippen LogP contribution < -0.4 is 5.73 Å². The van der Waals surface area contributed by atoms with Gasteiger partial charge in [0.15, 0.2) is 0 Å². The van der Waals surface area contributed by atoms with Crippen molar-refractivity contribution in [3.8, 4) is 0 Å². The Labute approximate surface area is 120 Å². The summed E-state index contributed by atoms with van der Waals surface area (Å²) in [5.41, 5.74) is 6.55. The summed E-state index contributed by atoms with van der Waals surface area (Å²) in [7, 11) is -3.36. The predicted octanol–water partition coefficient (Wildman–Crippen LogP) is 1.35. The molecule has 0 saturated carbocycles. The summed E-state index contributed by atoms with van der Waals surface area (Å²) < 4.78 is 26.3. The number of nitrogens with two attached hydrogens (primary N) is 1. The van der Waals surface area contributed by atoms with Crippen LogP contribution in [0.15, 0.2) is 30.3 Å². The number of hydrogen-bond acceptors (Lipinski definition) is 3. The van der Waals surface area contributed by atoms with E-state index in [4.69, 9.17) is 11.1 Å². The maximum Gasteiger partial charge on any atom is 0.215 e. The van der Waals surface area contributed by atoms with Gasteiger partial charge in [0.2, 0.25) is 10.0 Å². The fourth-order valence-corrected chi connectivity index (χ4v) is 4.30. The molecule has 0 aromatic heterocycles. The molecule has 0 bridgehead atoms. The molecule has 0 aliphatic carbocycles. The minimum absolute atomic E-state index is 0.0482. The zero-order chi connectivity index (χ0) is 14.6. The number of piperidine rings is 1. The molecular weight excluding hydrogens is 274 g/mol. The van der Waals surface area contributed by atoms with Gasteiger partial charge in [0, 0.05) is 6.54 Å². The standard InChI is InChI=1S/C14H21N3O2S/c15-14(16)13-8-4-5-10-17(13)20(18,19)11-9-12-6-2-1-3-7-12/h1-3,6-7,13H,4-5,8-11H2,(H3,15,16). The average Bonchev–Trinajstić information content (AvgIpc) is 2.46. The highest BCUT2D eigenvalue weighted by Crippen LogP contribution is 2.21. The molecular formula is C14H21N3O2S. The van der Waals surface area contributed by atoms with Crippen LogP contribution in [0.2, 0.25) is 0 Å². The molecule has 1 fully saturated rings. The molecule has 0 radical (unpaired) electrons. The molecule has 0 amide bonds. The van der Waals surface area contributed by atoms with Crippen molar-refractivity contribution in [1.82, 2.24) is 4.31 Å². The Balaban J connectivity index is 2.06. The van der Waals surface area contributed by atoms with Crippen LogP contribution in [0.4, 0.5) is 0 Å². The van der Waals surface area contributed by atoms with Crippen LogP contribution in [0, 0.1) is 5.41 Å². The molecule has 1 aliphatic rings. The zero-order valence-corrected chi connectivity index (χ0v) is 12.3. The second-order valence-corrected chi connectivity index (χ2v) is 7.17. The lowest BCUT2D eigenvalue weighted by atomic mass is 10.0. The Hall–Kier alpha value is -1.40. The van der Waals surface area contributed by atoms with Gasteiger partial charge in [0.05, 0.1) is 11.8 Å². The van der Waals surface area contributed by atoms with E-state index in [1.807, 2.05) is 30.3 Å². The van der Waals surface area contributed by atoms with E-state index in [0.717, 1.165) is 18.4 Å². The first kappa shape index (κ1) is 15.0. The Bertz CT molecular complexity index is 557. The maximum absolute atomic E-state index is 12.4. The predicted molar refractivity (Wildman–Crippen MR) is 80.2 cm³/mol. The van der Waals surface area contributed by atoms with Gasteiger partial charge < -0.3 is 5.73 Å². The van der Waals surface area contributed by atoms with Crippen LogP contribution in [-0.2, 0) is 16.4 Å². The van der Waals surface area contributed by atoms with Gasteiger partial charge in [0.1, 0.15) is 5.84 Å². The third-order valence-corrected chi connectivity index (χ3v) is 5.53. The quantitative estimate of drug-likeness (QED) is 0.635. The number of rotatable bonds is 5. The van der Waals surface area contributed by atoms with Crippen molar-refractivity contribution < 1.29 is 8.42 Å². The minimum atomic E-state index is -3.36. The first-order valence-corrected chi connectivity index (χ1v) is 8.49. The fraction of sp³-hybridized carbons (Fsp3) is 0.500. The van der Waals surface area contributed by atoms with Crippen LogP contribution in [0.5, 0.6) is 0 Å². The second kappa shape index (κ2) is 6.37. The normalized spacial score (nSPS) is 20.7. The van der Waals surface area contributed by atoms with Crippen LogP contribution in [-0.4, -0.2) is 36.9 Å². The lowest BCUT2D eigenvalue weighted by Gasteiger charge is -2.33. The molecule has 1 unspecified atom stereocenters. The van der Waals surface area contributed by atoms with Gasteiger partial charge >= 0.3 is 0 Å². The Morgan fingerprint density at radius 2 is 2.00 bits per heavy atom. The number of nitrogens with one attached hydrogen (secondary N) is 1. The van der Waals surface area contributed by atoms with Crippen LogP contribution in [0.1, 0.15) is 24.8 Å². The summed E-state index contributed by atoms with van der Waals surface area (Å²) in [6, 6.07) is 9.11. The molecule has 1 saturated heterocycles. The number of aryl methyl sites for hydroxylation is 1. The van der Waals surface area contributed by atoms with E-state index < -0.39 is 16.1 Å². The van der Waals surface area contributed by atoms with E-state index in [-0.39, 0.29) is 11.6 Å². The van der Waals surface area contributed by atoms with E-state index >= 15 is 0 Å². The van der Waals surface area contributed by atoms with Crippen molar-refractivity contribution in [2.45, 2.75) is 31.7 Å². The van der Waals surface area contributed by atoms with E-state index in [9.17, 15) is 8.42 Å². The van der Waals surface area contributed by atoms with Gasteiger partial charge in [-0.3, -0.25) is 5.41 Å². The highest BCUT2D eigenvalue weighted by molar-refractivity contribution is 7.89. The molecule has 3 N–H and O–H groups in total. The van der Waals surface area contributed by atoms with Gasteiger partial charge in [-0.05, 0) is 24.8 Å². The fourth-order valence-electron chi connectivity index (χ4n) is 2.56. The van der Waals surface area contributed by atoms with E-state index in [2.05, 4.69) is 0 Å². The highest BCUT2D eigenvalue weighted by Gasteiger charge is 2.33. The first-order valence-electron chi connectivity index (χ1n) is 6.88. The van der Waals surface area contributed by atoms with Gasteiger partial charge in [0.25, 0.3) is 0 Å². The SMILES string of the molecule is N=C(N)C1CCCCN1S(=O)(=O)CCc1ccccc1. The smallest absolute Gasteiger partial charge is 0.215 e. The van der Waals surface area contributed by atoms with Crippen molar-refractivity contribution in [1.29, 1.82) is 5.41 Å². The molecule has 2 rings (SSSR count). The summed E-state index contributed by atoms with van der Waals surface area (Å²) in [4.78, 5) is 0. The molecule has 1 aromatic rings. The summed E-state index contributed by atoms with van der Waals surface area (Å²) in [6.45, 7) is 0.474. The summed E-state index contributed by atoms with van der Waals surface area (Å²) in [5.74, 6) is 0.0221. The molecule has 6 heteroatoms. The van der Waals surface area contributed by atoms with Crippen molar-refractivity contribution in [3.63, 3.8) is 0 Å². The lowest BCUT2D eigenvalue weighted by molar-refractivity contribution is 0.303. The van der Waals surface area contributed by atoms with E-state index in [1.165, 1.54) is 4.31 Å². The third-order valence-electron chi connectivity index (χ3n) is 3.66. The lowest BCUT2D eigenvalue weighted by Crippen LogP contribution is -2.50. The minimum Gasteiger partial charge on any atom is -0.386 e. The molecule has 110 valence electrons. The number of benzene rings is 1.